The molecule has 2 heteroatoms. The van der Waals surface area contributed by atoms with E-state index in [1.54, 1.807) is 0 Å². The van der Waals surface area contributed by atoms with Crippen molar-refractivity contribution in [1.82, 2.24) is 0 Å². The zero-order chi connectivity index (χ0) is 11.1. The van der Waals surface area contributed by atoms with Crippen LogP contribution in [0.1, 0.15) is 30.3 Å². The van der Waals surface area contributed by atoms with Gasteiger partial charge in [-0.1, -0.05) is 36.4 Å². The Labute approximate surface area is 94.5 Å². The number of benzene rings is 2. The third-order valence-electron chi connectivity index (χ3n) is 3.23. The van der Waals surface area contributed by atoms with Crippen LogP contribution in [0, 0.1) is 0 Å². The lowest BCUT2D eigenvalue weighted by molar-refractivity contribution is -0.0296. The number of hydrogen-bond donors (Lipinski definition) is 1. The number of aliphatic hydroxyl groups is 1. The molecule has 3 rings (SSSR count). The van der Waals surface area contributed by atoms with Gasteiger partial charge in [-0.05, 0) is 28.8 Å². The molecule has 0 aliphatic heterocycles. The molecule has 0 saturated heterocycles. The molecule has 0 fully saturated rings. The fraction of sp³-hybridized carbons (Fsp3) is 0.286. The van der Waals surface area contributed by atoms with Gasteiger partial charge in [0.05, 0.1) is 0 Å². The molecule has 0 spiro atoms. The van der Waals surface area contributed by atoms with Gasteiger partial charge in [-0.25, -0.2) is 0 Å². The molecule has 0 amide bonds. The largest absolute Gasteiger partial charge is 0.385 e. The third kappa shape index (κ3) is 1.20. The van der Waals surface area contributed by atoms with Crippen molar-refractivity contribution in [3.63, 3.8) is 0 Å². The minimum absolute atomic E-state index is 0.203. The Kier molecular flexibility index (Phi) is 2.20. The summed E-state index contributed by atoms with van der Waals surface area (Å²) in [6.45, 7) is 2.57. The number of aliphatic hydroxyl groups excluding tert-OH is 1. The highest BCUT2D eigenvalue weighted by molar-refractivity contribution is 5.91. The third-order valence-corrected chi connectivity index (χ3v) is 3.23. The minimum Gasteiger partial charge on any atom is -0.385 e. The standard InChI is InChI=1S/C14H14O2/c1-2-16-14-11-8-4-6-9-5-3-7-10(12(9)11)13(14)15/h3-8,13-15H,2H2,1H3/t13-,14-/m0/s1. The number of ether oxygens (including phenoxy) is 1. The smallest absolute Gasteiger partial charge is 0.113 e. The van der Waals surface area contributed by atoms with Crippen LogP contribution in [0.2, 0.25) is 0 Å². The molecule has 1 N–H and O–H groups in total. The topological polar surface area (TPSA) is 29.5 Å². The fourth-order valence-electron chi connectivity index (χ4n) is 2.58. The van der Waals surface area contributed by atoms with Gasteiger partial charge in [0.2, 0.25) is 0 Å². The summed E-state index contributed by atoms with van der Waals surface area (Å²) in [5, 5.41) is 12.6. The van der Waals surface area contributed by atoms with Crippen molar-refractivity contribution in [1.29, 1.82) is 0 Å². The van der Waals surface area contributed by atoms with Crippen molar-refractivity contribution in [3.05, 3.63) is 47.5 Å². The van der Waals surface area contributed by atoms with E-state index in [4.69, 9.17) is 4.74 Å². The first kappa shape index (κ1) is 9.82. The molecule has 1 aliphatic carbocycles. The summed E-state index contributed by atoms with van der Waals surface area (Å²) in [6.07, 6.45) is -0.729. The number of hydrogen-bond acceptors (Lipinski definition) is 2. The van der Waals surface area contributed by atoms with E-state index in [-0.39, 0.29) is 6.10 Å². The van der Waals surface area contributed by atoms with Crippen LogP contribution >= 0.6 is 0 Å². The van der Waals surface area contributed by atoms with E-state index in [0.29, 0.717) is 6.61 Å². The van der Waals surface area contributed by atoms with E-state index in [9.17, 15) is 5.11 Å². The van der Waals surface area contributed by atoms with E-state index in [1.807, 2.05) is 31.2 Å². The molecule has 16 heavy (non-hydrogen) atoms. The molecular weight excluding hydrogens is 200 g/mol. The highest BCUT2D eigenvalue weighted by Gasteiger charge is 2.33. The van der Waals surface area contributed by atoms with Crippen molar-refractivity contribution in [2.45, 2.75) is 19.1 Å². The molecule has 2 atom stereocenters. The summed E-state index contributed by atoms with van der Waals surface area (Å²) >= 11 is 0. The highest BCUT2D eigenvalue weighted by Crippen LogP contribution is 2.45. The van der Waals surface area contributed by atoms with Gasteiger partial charge in [-0.3, -0.25) is 0 Å². The Bertz CT molecular complexity index is 528. The van der Waals surface area contributed by atoms with E-state index >= 15 is 0 Å². The van der Waals surface area contributed by atoms with Crippen LogP contribution in [-0.2, 0) is 4.74 Å². The fourth-order valence-corrected chi connectivity index (χ4v) is 2.58. The number of rotatable bonds is 2. The van der Waals surface area contributed by atoms with Crippen LogP contribution in [0.4, 0.5) is 0 Å². The summed E-state index contributed by atoms with van der Waals surface area (Å²) in [5.74, 6) is 0. The lowest BCUT2D eigenvalue weighted by Gasteiger charge is -2.16. The summed E-state index contributed by atoms with van der Waals surface area (Å²) < 4.78 is 5.64. The van der Waals surface area contributed by atoms with Crippen LogP contribution in [0.25, 0.3) is 10.8 Å². The van der Waals surface area contributed by atoms with E-state index < -0.39 is 6.10 Å². The zero-order valence-electron chi connectivity index (χ0n) is 9.18. The molecule has 0 saturated carbocycles. The van der Waals surface area contributed by atoms with Crippen molar-refractivity contribution < 1.29 is 9.84 Å². The quantitative estimate of drug-likeness (QED) is 0.832. The van der Waals surface area contributed by atoms with Crippen LogP contribution in [-0.4, -0.2) is 11.7 Å². The maximum atomic E-state index is 10.2. The van der Waals surface area contributed by atoms with Gasteiger partial charge < -0.3 is 9.84 Å². The summed E-state index contributed by atoms with van der Waals surface area (Å²) in [7, 11) is 0. The second-order valence-corrected chi connectivity index (χ2v) is 4.11. The van der Waals surface area contributed by atoms with Gasteiger partial charge in [-0.15, -0.1) is 0 Å². The summed E-state index contributed by atoms with van der Waals surface area (Å²) in [6, 6.07) is 12.2. The first-order valence-corrected chi connectivity index (χ1v) is 5.64. The first-order chi connectivity index (χ1) is 7.83. The predicted molar refractivity (Wildman–Crippen MR) is 63.3 cm³/mol. The van der Waals surface area contributed by atoms with Gasteiger partial charge in [0.1, 0.15) is 12.2 Å². The van der Waals surface area contributed by atoms with Gasteiger partial charge in [0.25, 0.3) is 0 Å². The molecule has 0 aromatic heterocycles. The Morgan fingerprint density at radius 2 is 1.81 bits per heavy atom. The van der Waals surface area contributed by atoms with Gasteiger partial charge in [0, 0.05) is 6.61 Å². The van der Waals surface area contributed by atoms with Crippen molar-refractivity contribution in [2.24, 2.45) is 0 Å². The van der Waals surface area contributed by atoms with Crippen LogP contribution in [0.15, 0.2) is 36.4 Å². The predicted octanol–water partition coefficient (Wildman–Crippen LogP) is 2.96. The van der Waals surface area contributed by atoms with E-state index in [2.05, 4.69) is 12.1 Å². The first-order valence-electron chi connectivity index (χ1n) is 5.64. The van der Waals surface area contributed by atoms with Gasteiger partial charge in [0.15, 0.2) is 0 Å². The Hall–Kier alpha value is -1.38. The summed E-state index contributed by atoms with van der Waals surface area (Å²) in [4.78, 5) is 0. The summed E-state index contributed by atoms with van der Waals surface area (Å²) in [5.41, 5.74) is 2.11. The van der Waals surface area contributed by atoms with E-state index in [0.717, 1.165) is 16.5 Å². The Balaban J connectivity index is 2.27. The SMILES string of the molecule is CCO[C@H]1c2cccc3cccc(c23)[C@@H]1O. The molecular formula is C14H14O2. The van der Waals surface area contributed by atoms with Crippen molar-refractivity contribution in [2.75, 3.05) is 6.61 Å². The molecule has 2 aromatic rings. The molecule has 1 aliphatic rings. The minimum atomic E-state index is -0.527. The molecule has 82 valence electrons. The molecule has 0 unspecified atom stereocenters. The normalized spacial score (nSPS) is 22.9. The maximum Gasteiger partial charge on any atom is 0.113 e. The monoisotopic (exact) mass is 214 g/mol. The van der Waals surface area contributed by atoms with Gasteiger partial charge >= 0.3 is 0 Å². The molecule has 0 bridgehead atoms. The second kappa shape index (κ2) is 3.58. The molecule has 0 heterocycles. The maximum absolute atomic E-state index is 10.2. The van der Waals surface area contributed by atoms with E-state index in [1.165, 1.54) is 5.39 Å². The lowest BCUT2D eigenvalue weighted by Crippen LogP contribution is -2.08. The van der Waals surface area contributed by atoms with Crippen molar-refractivity contribution >= 4 is 10.8 Å². The van der Waals surface area contributed by atoms with Crippen LogP contribution in [0.3, 0.4) is 0 Å². The van der Waals surface area contributed by atoms with Gasteiger partial charge in [-0.2, -0.15) is 0 Å². The Morgan fingerprint density at radius 1 is 1.12 bits per heavy atom. The molecule has 0 radical (unpaired) electrons. The molecule has 2 aromatic carbocycles. The average Bonchev–Trinajstić information content (AvgIpc) is 2.58. The van der Waals surface area contributed by atoms with Crippen molar-refractivity contribution in [3.8, 4) is 0 Å². The average molecular weight is 214 g/mol. The second-order valence-electron chi connectivity index (χ2n) is 4.11. The zero-order valence-corrected chi connectivity index (χ0v) is 9.18. The van der Waals surface area contributed by atoms with Crippen LogP contribution in [0.5, 0.6) is 0 Å². The molecule has 2 nitrogen and oxygen atoms in total. The highest BCUT2D eigenvalue weighted by atomic mass is 16.5. The van der Waals surface area contributed by atoms with Crippen LogP contribution < -0.4 is 0 Å². The lowest BCUT2D eigenvalue weighted by atomic mass is 10.1. The Morgan fingerprint density at radius 3 is 2.50 bits per heavy atom.